The fourth-order valence-corrected chi connectivity index (χ4v) is 2.83. The van der Waals surface area contributed by atoms with Crippen molar-refractivity contribution < 1.29 is 14.3 Å². The Labute approximate surface area is 96.5 Å². The number of cyclic esters (lactones) is 2. The van der Waals surface area contributed by atoms with Crippen LogP contribution in [0.25, 0.3) is 0 Å². The molecule has 0 spiro atoms. The van der Waals surface area contributed by atoms with Crippen molar-refractivity contribution in [2.75, 3.05) is 0 Å². The number of rotatable bonds is 0. The molecule has 0 unspecified atom stereocenters. The number of esters is 2. The summed E-state index contributed by atoms with van der Waals surface area (Å²) in [7, 11) is 0. The van der Waals surface area contributed by atoms with Crippen LogP contribution in [0.4, 0.5) is 0 Å². The Balaban J connectivity index is 1.99. The molecule has 2 fully saturated rings. The summed E-state index contributed by atoms with van der Waals surface area (Å²) in [6.45, 7) is 0. The Morgan fingerprint density at radius 2 is 1.06 bits per heavy atom. The van der Waals surface area contributed by atoms with Crippen LogP contribution >= 0.6 is 0 Å². The van der Waals surface area contributed by atoms with Gasteiger partial charge in [-0.2, -0.15) is 0 Å². The molecule has 1 saturated carbocycles. The average Bonchev–Trinajstić information content (AvgIpc) is 2.51. The Morgan fingerprint density at radius 3 is 1.50 bits per heavy atom. The first-order valence-electron chi connectivity index (χ1n) is 6.54. The lowest BCUT2D eigenvalue weighted by Crippen LogP contribution is -2.17. The van der Waals surface area contributed by atoms with Crippen molar-refractivity contribution in [1.82, 2.24) is 0 Å². The normalized spacial score (nSPS) is 32.8. The highest BCUT2D eigenvalue weighted by Crippen LogP contribution is 2.33. The van der Waals surface area contributed by atoms with Gasteiger partial charge in [0.1, 0.15) is 0 Å². The van der Waals surface area contributed by atoms with Gasteiger partial charge in [-0.25, -0.2) is 0 Å². The number of ether oxygens (including phenoxy) is 1. The smallest absolute Gasteiger partial charge is 0.317 e. The van der Waals surface area contributed by atoms with E-state index in [1.165, 1.54) is 32.1 Å². The molecule has 1 saturated heterocycles. The highest BCUT2D eigenvalue weighted by Gasteiger charge is 2.42. The third-order valence-corrected chi connectivity index (χ3v) is 3.82. The van der Waals surface area contributed by atoms with Crippen LogP contribution in [0.3, 0.4) is 0 Å². The molecule has 0 aromatic heterocycles. The Bertz CT molecular complexity index is 246. The van der Waals surface area contributed by atoms with Gasteiger partial charge in [0, 0.05) is 0 Å². The van der Waals surface area contributed by atoms with E-state index in [1.807, 2.05) is 0 Å². The van der Waals surface area contributed by atoms with Gasteiger partial charge in [-0.3, -0.25) is 9.59 Å². The standard InChI is InChI=1S/C13H20O3/c14-12-10-8-6-4-2-1-3-5-7-9-11(10)13(15)16-12/h10-11H,1-9H2/t10-,11-/m1/s1. The molecule has 0 aromatic carbocycles. The average molecular weight is 224 g/mol. The molecule has 0 N–H and O–H groups in total. The molecule has 0 radical (unpaired) electrons. The lowest BCUT2D eigenvalue weighted by molar-refractivity contribution is -0.153. The zero-order valence-corrected chi connectivity index (χ0v) is 9.74. The van der Waals surface area contributed by atoms with E-state index < -0.39 is 0 Å². The summed E-state index contributed by atoms with van der Waals surface area (Å²) in [6.07, 6.45) is 10.0. The molecule has 1 heterocycles. The first-order valence-corrected chi connectivity index (χ1v) is 6.54. The minimum absolute atomic E-state index is 0.134. The summed E-state index contributed by atoms with van der Waals surface area (Å²) in [5.41, 5.74) is 0. The molecule has 0 aromatic rings. The highest BCUT2D eigenvalue weighted by molar-refractivity contribution is 5.96. The van der Waals surface area contributed by atoms with Gasteiger partial charge in [-0.05, 0) is 12.8 Å². The van der Waals surface area contributed by atoms with E-state index in [-0.39, 0.29) is 23.8 Å². The van der Waals surface area contributed by atoms with Crippen LogP contribution in [0.5, 0.6) is 0 Å². The predicted octanol–water partition coefficient (Wildman–Crippen LogP) is 2.83. The van der Waals surface area contributed by atoms with Gasteiger partial charge in [0.2, 0.25) is 0 Å². The molecule has 2 atom stereocenters. The van der Waals surface area contributed by atoms with Gasteiger partial charge in [0.05, 0.1) is 11.8 Å². The van der Waals surface area contributed by atoms with Gasteiger partial charge >= 0.3 is 11.9 Å². The first kappa shape index (κ1) is 11.6. The first-order chi connectivity index (χ1) is 7.79. The molecular formula is C13H20O3. The molecule has 2 rings (SSSR count). The maximum atomic E-state index is 11.5. The fraction of sp³-hybridized carbons (Fsp3) is 0.846. The van der Waals surface area contributed by atoms with Crippen LogP contribution in [0.15, 0.2) is 0 Å². The quantitative estimate of drug-likeness (QED) is 0.469. The Kier molecular flexibility index (Phi) is 3.97. The third-order valence-electron chi connectivity index (χ3n) is 3.82. The summed E-state index contributed by atoms with van der Waals surface area (Å²) >= 11 is 0. The van der Waals surface area contributed by atoms with Crippen molar-refractivity contribution in [3.05, 3.63) is 0 Å². The van der Waals surface area contributed by atoms with Crippen molar-refractivity contribution in [1.29, 1.82) is 0 Å². The third kappa shape index (κ3) is 2.63. The second kappa shape index (κ2) is 5.46. The van der Waals surface area contributed by atoms with Gasteiger partial charge < -0.3 is 4.74 Å². The summed E-state index contributed by atoms with van der Waals surface area (Å²) in [5.74, 6) is -0.806. The zero-order chi connectivity index (χ0) is 11.4. The fourth-order valence-electron chi connectivity index (χ4n) is 2.83. The molecular weight excluding hydrogens is 204 g/mol. The number of hydrogen-bond acceptors (Lipinski definition) is 3. The van der Waals surface area contributed by atoms with Crippen molar-refractivity contribution in [3.63, 3.8) is 0 Å². The summed E-state index contributed by atoms with van der Waals surface area (Å²) < 4.78 is 4.75. The molecule has 0 bridgehead atoms. The molecule has 1 aliphatic heterocycles. The van der Waals surface area contributed by atoms with Crippen molar-refractivity contribution >= 4 is 11.9 Å². The Hall–Kier alpha value is -0.860. The van der Waals surface area contributed by atoms with E-state index in [9.17, 15) is 9.59 Å². The van der Waals surface area contributed by atoms with Gasteiger partial charge in [-0.1, -0.05) is 44.9 Å². The van der Waals surface area contributed by atoms with Crippen LogP contribution < -0.4 is 0 Å². The monoisotopic (exact) mass is 224 g/mol. The molecule has 16 heavy (non-hydrogen) atoms. The van der Waals surface area contributed by atoms with Crippen molar-refractivity contribution in [2.45, 2.75) is 57.8 Å². The largest absolute Gasteiger partial charge is 0.393 e. The lowest BCUT2D eigenvalue weighted by atomic mass is 9.86. The summed E-state index contributed by atoms with van der Waals surface area (Å²) in [5, 5.41) is 0. The van der Waals surface area contributed by atoms with Crippen LogP contribution in [0, 0.1) is 11.8 Å². The Morgan fingerprint density at radius 1 is 0.688 bits per heavy atom. The second-order valence-electron chi connectivity index (χ2n) is 5.01. The predicted molar refractivity (Wildman–Crippen MR) is 59.6 cm³/mol. The molecule has 0 amide bonds. The van der Waals surface area contributed by atoms with Crippen LogP contribution in [0.1, 0.15) is 57.8 Å². The maximum Gasteiger partial charge on any atom is 0.317 e. The van der Waals surface area contributed by atoms with Gasteiger partial charge in [0.25, 0.3) is 0 Å². The highest BCUT2D eigenvalue weighted by atomic mass is 16.6. The topological polar surface area (TPSA) is 43.4 Å². The summed E-state index contributed by atoms with van der Waals surface area (Å²) in [4.78, 5) is 23.1. The van der Waals surface area contributed by atoms with Crippen LogP contribution in [-0.4, -0.2) is 11.9 Å². The molecule has 90 valence electrons. The van der Waals surface area contributed by atoms with Crippen molar-refractivity contribution in [3.8, 4) is 0 Å². The van der Waals surface area contributed by atoms with E-state index >= 15 is 0 Å². The molecule has 3 nitrogen and oxygen atoms in total. The molecule has 2 aliphatic rings. The van der Waals surface area contributed by atoms with Crippen molar-refractivity contribution in [2.24, 2.45) is 11.8 Å². The lowest BCUT2D eigenvalue weighted by Gasteiger charge is -2.12. The van der Waals surface area contributed by atoms with Gasteiger partial charge in [-0.15, -0.1) is 0 Å². The number of carbonyl (C=O) groups excluding carboxylic acids is 2. The molecule has 1 aliphatic carbocycles. The van der Waals surface area contributed by atoms with Crippen LogP contribution in [0.2, 0.25) is 0 Å². The maximum absolute atomic E-state index is 11.5. The van der Waals surface area contributed by atoms with E-state index in [4.69, 9.17) is 4.74 Å². The second-order valence-corrected chi connectivity index (χ2v) is 5.01. The number of fused-ring (bicyclic) bond motifs is 1. The van der Waals surface area contributed by atoms with E-state index in [0.717, 1.165) is 25.7 Å². The number of carbonyl (C=O) groups is 2. The SMILES string of the molecule is O=C1OC(=O)[C@@H]2CCCCCCCCC[C@@H]12. The van der Waals surface area contributed by atoms with E-state index in [0.29, 0.717) is 0 Å². The van der Waals surface area contributed by atoms with Crippen LogP contribution in [-0.2, 0) is 14.3 Å². The molecule has 3 heteroatoms. The van der Waals surface area contributed by atoms with Gasteiger partial charge in [0.15, 0.2) is 0 Å². The number of hydrogen-bond donors (Lipinski definition) is 0. The van der Waals surface area contributed by atoms with E-state index in [1.54, 1.807) is 0 Å². The van der Waals surface area contributed by atoms with E-state index in [2.05, 4.69) is 0 Å². The summed E-state index contributed by atoms with van der Waals surface area (Å²) in [6, 6.07) is 0. The zero-order valence-electron chi connectivity index (χ0n) is 9.74. The minimum atomic E-state index is -0.269. The minimum Gasteiger partial charge on any atom is -0.393 e.